The number of nitrogens with zero attached hydrogens (tertiary/aromatic N) is 1. The van der Waals surface area contributed by atoms with Crippen LogP contribution in [-0.4, -0.2) is 7.11 Å². The Morgan fingerprint density at radius 3 is 2.55 bits per heavy atom. The number of allylic oxidation sites excluding steroid dienone is 1. The van der Waals surface area contributed by atoms with Crippen molar-refractivity contribution in [1.29, 1.82) is 5.26 Å². The largest absolute Gasteiger partial charge is 0.493 e. The third kappa shape index (κ3) is 5.01. The summed E-state index contributed by atoms with van der Waals surface area (Å²) in [5.74, 6) is 0.0763. The summed E-state index contributed by atoms with van der Waals surface area (Å²) >= 11 is 3.46. The Bertz CT molecular complexity index is 1110. The number of benzene rings is 3. The maximum atomic E-state index is 13.8. The maximum Gasteiger partial charge on any atom is 0.162 e. The van der Waals surface area contributed by atoms with Crippen LogP contribution in [0.5, 0.6) is 11.5 Å². The highest BCUT2D eigenvalue weighted by Crippen LogP contribution is 2.36. The lowest BCUT2D eigenvalue weighted by Crippen LogP contribution is -2.00. The molecule has 0 aliphatic rings. The number of hydrogen-bond donors (Lipinski definition) is 0. The van der Waals surface area contributed by atoms with Crippen LogP contribution in [0.25, 0.3) is 11.6 Å². The van der Waals surface area contributed by atoms with Gasteiger partial charge >= 0.3 is 0 Å². The molecule has 146 valence electrons. The molecule has 0 spiro atoms. The van der Waals surface area contributed by atoms with Crippen LogP contribution < -0.4 is 9.47 Å². The summed E-state index contributed by atoms with van der Waals surface area (Å²) < 4.78 is 39.1. The lowest BCUT2D eigenvalue weighted by molar-refractivity contribution is 0.279. The Morgan fingerprint density at radius 2 is 1.86 bits per heavy atom. The molecule has 0 aliphatic heterocycles. The number of ether oxygens (including phenoxy) is 2. The van der Waals surface area contributed by atoms with Gasteiger partial charge in [0.05, 0.1) is 18.8 Å². The average Bonchev–Trinajstić information content (AvgIpc) is 2.72. The molecule has 0 unspecified atom stereocenters. The third-order valence-corrected chi connectivity index (χ3v) is 4.87. The van der Waals surface area contributed by atoms with Gasteiger partial charge in [0.25, 0.3) is 0 Å². The molecule has 3 aromatic rings. The van der Waals surface area contributed by atoms with Gasteiger partial charge in [-0.2, -0.15) is 5.26 Å². The number of halogens is 3. The molecule has 3 aromatic carbocycles. The van der Waals surface area contributed by atoms with Gasteiger partial charge in [-0.15, -0.1) is 0 Å². The van der Waals surface area contributed by atoms with Crippen LogP contribution in [0.2, 0.25) is 0 Å². The van der Waals surface area contributed by atoms with E-state index in [2.05, 4.69) is 22.0 Å². The van der Waals surface area contributed by atoms with E-state index in [0.29, 0.717) is 38.2 Å². The second-order valence-corrected chi connectivity index (χ2v) is 6.94. The molecule has 29 heavy (non-hydrogen) atoms. The Labute approximate surface area is 175 Å². The zero-order chi connectivity index (χ0) is 20.8. The molecule has 0 heterocycles. The van der Waals surface area contributed by atoms with E-state index in [4.69, 9.17) is 9.47 Å². The lowest BCUT2D eigenvalue weighted by Gasteiger charge is -2.13. The molecule has 0 radical (unpaired) electrons. The monoisotopic (exact) mass is 455 g/mol. The molecule has 0 fully saturated rings. The fourth-order valence-electron chi connectivity index (χ4n) is 2.70. The summed E-state index contributed by atoms with van der Waals surface area (Å²) in [7, 11) is 1.49. The van der Waals surface area contributed by atoms with Gasteiger partial charge in [0.1, 0.15) is 18.2 Å². The zero-order valence-electron chi connectivity index (χ0n) is 15.5. The van der Waals surface area contributed by atoms with E-state index in [9.17, 15) is 14.0 Å². The molecule has 0 saturated carbocycles. The molecule has 3 rings (SSSR count). The van der Waals surface area contributed by atoms with E-state index in [1.165, 1.54) is 25.3 Å². The predicted molar refractivity (Wildman–Crippen MR) is 111 cm³/mol. The van der Waals surface area contributed by atoms with Crippen molar-refractivity contribution in [1.82, 2.24) is 0 Å². The van der Waals surface area contributed by atoms with E-state index in [1.807, 2.05) is 0 Å². The van der Waals surface area contributed by atoms with Crippen LogP contribution >= 0.6 is 15.9 Å². The van der Waals surface area contributed by atoms with Gasteiger partial charge in [-0.3, -0.25) is 0 Å². The SMILES string of the molecule is COc1cc(/C=C(/C#N)c2cccc(F)c2)c(Br)cc1OCc1ccccc1F. The standard InChI is InChI=1S/C23H16BrF2NO2/c1-28-22-11-17(9-18(13-27)15-6-4-7-19(25)10-15)20(24)12-23(22)29-14-16-5-2-3-8-21(16)26/h2-12H,14H2,1H3/b18-9-. The summed E-state index contributed by atoms with van der Waals surface area (Å²) in [6.45, 7) is 0.0391. The molecule has 0 aromatic heterocycles. The van der Waals surface area contributed by atoms with E-state index in [1.54, 1.807) is 48.5 Å². The molecule has 6 heteroatoms. The molecular formula is C23H16BrF2NO2. The van der Waals surface area contributed by atoms with Crippen LogP contribution in [0.3, 0.4) is 0 Å². The topological polar surface area (TPSA) is 42.2 Å². The molecule has 0 saturated heterocycles. The summed E-state index contributed by atoms with van der Waals surface area (Å²) in [6, 6.07) is 17.7. The van der Waals surface area contributed by atoms with Gasteiger partial charge in [0, 0.05) is 10.0 Å². The molecule has 0 N–H and O–H groups in total. The minimum atomic E-state index is -0.419. The fraction of sp³-hybridized carbons (Fsp3) is 0.0870. The van der Waals surface area contributed by atoms with Crippen molar-refractivity contribution in [3.8, 4) is 17.6 Å². The van der Waals surface area contributed by atoms with Crippen molar-refractivity contribution in [2.75, 3.05) is 7.11 Å². The fourth-order valence-corrected chi connectivity index (χ4v) is 3.13. The smallest absolute Gasteiger partial charge is 0.162 e. The average molecular weight is 456 g/mol. The first-order valence-electron chi connectivity index (χ1n) is 8.63. The lowest BCUT2D eigenvalue weighted by atomic mass is 10.0. The minimum absolute atomic E-state index is 0.0391. The summed E-state index contributed by atoms with van der Waals surface area (Å²) in [5.41, 5.74) is 1.85. The minimum Gasteiger partial charge on any atom is -0.493 e. The van der Waals surface area contributed by atoms with Crippen LogP contribution in [0, 0.1) is 23.0 Å². The van der Waals surface area contributed by atoms with Crippen LogP contribution in [0.1, 0.15) is 16.7 Å². The van der Waals surface area contributed by atoms with E-state index in [-0.39, 0.29) is 12.4 Å². The first kappa shape index (κ1) is 20.6. The van der Waals surface area contributed by atoms with Gasteiger partial charge in [-0.05, 0) is 47.5 Å². The summed E-state index contributed by atoms with van der Waals surface area (Å²) in [6.07, 6.45) is 1.63. The predicted octanol–water partition coefficient (Wildman–Crippen LogP) is 6.38. The zero-order valence-corrected chi connectivity index (χ0v) is 17.0. The van der Waals surface area contributed by atoms with Gasteiger partial charge in [-0.1, -0.05) is 46.3 Å². The van der Waals surface area contributed by atoms with Gasteiger partial charge < -0.3 is 9.47 Å². The van der Waals surface area contributed by atoms with E-state index < -0.39 is 5.82 Å². The van der Waals surface area contributed by atoms with Crippen LogP contribution in [-0.2, 0) is 6.61 Å². The normalized spacial score (nSPS) is 11.1. The van der Waals surface area contributed by atoms with Gasteiger partial charge in [-0.25, -0.2) is 8.78 Å². The van der Waals surface area contributed by atoms with Crippen molar-refractivity contribution < 1.29 is 18.3 Å². The van der Waals surface area contributed by atoms with Crippen molar-refractivity contribution in [3.05, 3.63) is 93.5 Å². The third-order valence-electron chi connectivity index (χ3n) is 4.18. The van der Waals surface area contributed by atoms with E-state index >= 15 is 0 Å². The van der Waals surface area contributed by atoms with Crippen molar-refractivity contribution in [3.63, 3.8) is 0 Å². The highest BCUT2D eigenvalue weighted by atomic mass is 79.9. The van der Waals surface area contributed by atoms with Crippen molar-refractivity contribution in [2.45, 2.75) is 6.61 Å². The number of hydrogen-bond acceptors (Lipinski definition) is 3. The van der Waals surface area contributed by atoms with Gasteiger partial charge in [0.2, 0.25) is 0 Å². The number of rotatable bonds is 6. The highest BCUT2D eigenvalue weighted by molar-refractivity contribution is 9.10. The van der Waals surface area contributed by atoms with Crippen molar-refractivity contribution >= 4 is 27.6 Å². The highest BCUT2D eigenvalue weighted by Gasteiger charge is 2.12. The Balaban J connectivity index is 1.92. The Hall–Kier alpha value is -3.17. The Morgan fingerprint density at radius 1 is 1.07 bits per heavy atom. The second-order valence-electron chi connectivity index (χ2n) is 6.08. The second kappa shape index (κ2) is 9.35. The van der Waals surface area contributed by atoms with Crippen LogP contribution in [0.15, 0.2) is 65.1 Å². The quantitative estimate of drug-likeness (QED) is 0.319. The number of methoxy groups -OCH3 is 1. The Kier molecular flexibility index (Phi) is 6.63. The summed E-state index contributed by atoms with van der Waals surface area (Å²) in [5, 5.41) is 9.49. The maximum absolute atomic E-state index is 13.8. The van der Waals surface area contributed by atoms with Crippen molar-refractivity contribution in [2.24, 2.45) is 0 Å². The molecule has 0 aliphatic carbocycles. The van der Waals surface area contributed by atoms with E-state index in [0.717, 1.165) is 0 Å². The molecule has 0 bridgehead atoms. The number of nitriles is 1. The molecule has 3 nitrogen and oxygen atoms in total. The first-order chi connectivity index (χ1) is 14.0. The molecular weight excluding hydrogens is 440 g/mol. The first-order valence-corrected chi connectivity index (χ1v) is 9.42. The van der Waals surface area contributed by atoms with Crippen LogP contribution in [0.4, 0.5) is 8.78 Å². The molecule has 0 amide bonds. The summed E-state index contributed by atoms with van der Waals surface area (Å²) in [4.78, 5) is 0. The van der Waals surface area contributed by atoms with Gasteiger partial charge in [0.15, 0.2) is 11.5 Å². The molecule has 0 atom stereocenters.